The zero-order valence-corrected chi connectivity index (χ0v) is 19.8. The van der Waals surface area contributed by atoms with Crippen molar-refractivity contribution in [3.63, 3.8) is 0 Å². The van der Waals surface area contributed by atoms with Crippen molar-refractivity contribution in [1.29, 1.82) is 0 Å². The number of carbonyl (C=O) groups is 1. The van der Waals surface area contributed by atoms with Crippen LogP contribution in [0, 0.1) is 0 Å². The number of nitrogens with zero attached hydrogens (tertiary/aromatic N) is 1. The molecule has 0 aromatic heterocycles. The summed E-state index contributed by atoms with van der Waals surface area (Å²) in [5, 5.41) is 0.923. The van der Waals surface area contributed by atoms with Crippen LogP contribution in [0.5, 0.6) is 5.75 Å². The number of hydrogen-bond acceptors (Lipinski definition) is 4. The lowest BCUT2D eigenvalue weighted by molar-refractivity contribution is -0.119. The number of halogens is 2. The number of rotatable bonds is 9. The maximum Gasteiger partial charge on any atom is 0.278 e. The average molecular weight is 492 g/mol. The van der Waals surface area contributed by atoms with Crippen LogP contribution in [0.3, 0.4) is 0 Å². The van der Waals surface area contributed by atoms with Crippen LogP contribution in [0.1, 0.15) is 25.3 Å². The molecule has 0 N–H and O–H groups in total. The first-order valence-corrected chi connectivity index (χ1v) is 12.3. The molecule has 0 aliphatic heterocycles. The molecule has 0 radical (unpaired) electrons. The zero-order valence-electron chi connectivity index (χ0n) is 17.5. The predicted octanol–water partition coefficient (Wildman–Crippen LogP) is 6.14. The van der Waals surface area contributed by atoms with E-state index in [4.69, 9.17) is 27.9 Å². The van der Waals surface area contributed by atoms with E-state index in [1.165, 1.54) is 24.3 Å². The predicted molar refractivity (Wildman–Crippen MR) is 128 cm³/mol. The molecule has 0 aliphatic carbocycles. The third kappa shape index (κ3) is 6.03. The van der Waals surface area contributed by atoms with Gasteiger partial charge in [0.1, 0.15) is 5.75 Å². The molecule has 8 heteroatoms. The van der Waals surface area contributed by atoms with E-state index >= 15 is 0 Å². The van der Waals surface area contributed by atoms with Gasteiger partial charge in [0.25, 0.3) is 15.9 Å². The van der Waals surface area contributed by atoms with Crippen LogP contribution in [-0.2, 0) is 21.2 Å². The number of carbonyl (C=O) groups excluding carboxylic acids is 1. The highest BCUT2D eigenvalue weighted by Crippen LogP contribution is 2.26. The molecule has 0 atom stereocenters. The van der Waals surface area contributed by atoms with Gasteiger partial charge in [0.2, 0.25) is 0 Å². The summed E-state index contributed by atoms with van der Waals surface area (Å²) >= 11 is 11.8. The van der Waals surface area contributed by atoms with E-state index < -0.39 is 22.5 Å². The molecule has 3 rings (SSSR count). The van der Waals surface area contributed by atoms with E-state index in [-0.39, 0.29) is 10.6 Å². The van der Waals surface area contributed by atoms with Gasteiger partial charge in [0, 0.05) is 10.0 Å². The summed E-state index contributed by atoms with van der Waals surface area (Å²) in [5.41, 5.74) is 1.31. The van der Waals surface area contributed by atoms with Crippen molar-refractivity contribution < 1.29 is 17.9 Å². The SMILES string of the molecule is CCCCc1ccc(N(C(=O)COc2ccc(Cl)cc2)S(=O)(=O)c2ccc(Cl)cc2)cc1. The molecule has 0 spiro atoms. The van der Waals surface area contributed by atoms with Crippen molar-refractivity contribution in [2.75, 3.05) is 10.9 Å². The van der Waals surface area contributed by atoms with Gasteiger partial charge in [-0.2, -0.15) is 4.31 Å². The number of anilines is 1. The smallest absolute Gasteiger partial charge is 0.278 e. The summed E-state index contributed by atoms with van der Waals surface area (Å²) in [7, 11) is -4.19. The monoisotopic (exact) mass is 491 g/mol. The third-order valence-electron chi connectivity index (χ3n) is 4.74. The van der Waals surface area contributed by atoms with E-state index in [1.807, 2.05) is 12.1 Å². The molecule has 5 nitrogen and oxygen atoms in total. The van der Waals surface area contributed by atoms with Crippen molar-refractivity contribution in [1.82, 2.24) is 0 Å². The van der Waals surface area contributed by atoms with Gasteiger partial charge in [-0.3, -0.25) is 4.79 Å². The van der Waals surface area contributed by atoms with Crippen molar-refractivity contribution in [3.05, 3.63) is 88.4 Å². The van der Waals surface area contributed by atoms with Crippen molar-refractivity contribution >= 4 is 44.8 Å². The van der Waals surface area contributed by atoms with Crippen LogP contribution >= 0.6 is 23.2 Å². The molecule has 0 saturated heterocycles. The molecule has 0 heterocycles. The fourth-order valence-electron chi connectivity index (χ4n) is 3.04. The number of benzene rings is 3. The number of aryl methyl sites for hydroxylation is 1. The van der Waals surface area contributed by atoms with Gasteiger partial charge < -0.3 is 4.74 Å². The van der Waals surface area contributed by atoms with Crippen molar-refractivity contribution in [2.24, 2.45) is 0 Å². The highest BCUT2D eigenvalue weighted by Gasteiger charge is 2.31. The lowest BCUT2D eigenvalue weighted by atomic mass is 10.1. The fraction of sp³-hybridized carbons (Fsp3) is 0.208. The Kier molecular flexibility index (Phi) is 8.18. The Hall–Kier alpha value is -2.54. The summed E-state index contributed by atoms with van der Waals surface area (Å²) in [6.07, 6.45) is 2.97. The topological polar surface area (TPSA) is 63.7 Å². The number of unbranched alkanes of at least 4 members (excludes halogenated alkanes) is 1. The van der Waals surface area contributed by atoms with Crippen LogP contribution in [0.15, 0.2) is 77.7 Å². The molecule has 0 saturated carbocycles. The lowest BCUT2D eigenvalue weighted by Crippen LogP contribution is -2.40. The number of hydrogen-bond donors (Lipinski definition) is 0. The Morgan fingerprint density at radius 3 is 2.00 bits per heavy atom. The van der Waals surface area contributed by atoms with E-state index in [2.05, 4.69) is 6.92 Å². The van der Waals surface area contributed by atoms with E-state index in [9.17, 15) is 13.2 Å². The maximum atomic E-state index is 13.4. The highest BCUT2D eigenvalue weighted by atomic mass is 35.5. The van der Waals surface area contributed by atoms with E-state index in [0.29, 0.717) is 15.8 Å². The lowest BCUT2D eigenvalue weighted by Gasteiger charge is -2.23. The minimum Gasteiger partial charge on any atom is -0.484 e. The fourth-order valence-corrected chi connectivity index (χ4v) is 4.71. The third-order valence-corrected chi connectivity index (χ3v) is 7.01. The maximum absolute atomic E-state index is 13.4. The second kappa shape index (κ2) is 10.9. The van der Waals surface area contributed by atoms with Gasteiger partial charge in [0.05, 0.1) is 10.6 Å². The Bertz CT molecular complexity index is 1150. The molecule has 3 aromatic rings. The average Bonchev–Trinajstić information content (AvgIpc) is 2.78. The number of amides is 1. The first-order valence-electron chi connectivity index (χ1n) is 10.1. The summed E-state index contributed by atoms with van der Waals surface area (Å²) in [6, 6.07) is 19.1. The standard InChI is InChI=1S/C24H23Cl2NO4S/c1-2-3-4-18-5-11-21(12-6-18)27(32(29,30)23-15-9-20(26)10-16-23)24(28)17-31-22-13-7-19(25)8-14-22/h5-16H,2-4,17H2,1H3. The zero-order chi connectivity index (χ0) is 23.1. The Balaban J connectivity index is 1.91. The summed E-state index contributed by atoms with van der Waals surface area (Å²) in [6.45, 7) is 1.64. The van der Waals surface area contributed by atoms with Gasteiger partial charge in [-0.05, 0) is 79.1 Å². The molecule has 0 aliphatic rings. The molecule has 168 valence electrons. The van der Waals surface area contributed by atoms with Gasteiger partial charge in [-0.15, -0.1) is 0 Å². The normalized spacial score (nSPS) is 11.2. The van der Waals surface area contributed by atoms with Gasteiger partial charge in [0.15, 0.2) is 6.61 Å². The van der Waals surface area contributed by atoms with Crippen LogP contribution in [0.25, 0.3) is 0 Å². The molecule has 1 amide bonds. The first-order chi connectivity index (χ1) is 15.3. The van der Waals surface area contributed by atoms with Gasteiger partial charge in [-0.25, -0.2) is 8.42 Å². The summed E-state index contributed by atoms with van der Waals surface area (Å²) in [5.74, 6) is -0.322. The summed E-state index contributed by atoms with van der Waals surface area (Å²) in [4.78, 5) is 13.1. The highest BCUT2D eigenvalue weighted by molar-refractivity contribution is 7.93. The molecule has 0 bridgehead atoms. The summed E-state index contributed by atoms with van der Waals surface area (Å²) < 4.78 is 33.1. The number of ether oxygens (including phenoxy) is 1. The number of sulfonamides is 1. The van der Waals surface area contributed by atoms with Crippen LogP contribution in [-0.4, -0.2) is 20.9 Å². The van der Waals surface area contributed by atoms with Gasteiger partial charge >= 0.3 is 0 Å². The quantitative estimate of drug-likeness (QED) is 0.360. The van der Waals surface area contributed by atoms with Gasteiger partial charge in [-0.1, -0.05) is 48.7 Å². The van der Waals surface area contributed by atoms with E-state index in [0.717, 1.165) is 29.1 Å². The molecule has 0 unspecified atom stereocenters. The molecule has 0 fully saturated rings. The molecule has 3 aromatic carbocycles. The van der Waals surface area contributed by atoms with Crippen LogP contribution < -0.4 is 9.04 Å². The Morgan fingerprint density at radius 1 is 0.875 bits per heavy atom. The minimum atomic E-state index is -4.19. The van der Waals surface area contributed by atoms with E-state index in [1.54, 1.807) is 36.4 Å². The van der Waals surface area contributed by atoms with Crippen LogP contribution in [0.2, 0.25) is 10.0 Å². The minimum absolute atomic E-state index is 0.0446. The van der Waals surface area contributed by atoms with Crippen LogP contribution in [0.4, 0.5) is 5.69 Å². The molecule has 32 heavy (non-hydrogen) atoms. The molecular weight excluding hydrogens is 469 g/mol. The molecular formula is C24H23Cl2NO4S. The largest absolute Gasteiger partial charge is 0.484 e. The Labute approximate surface area is 198 Å². The second-order valence-electron chi connectivity index (χ2n) is 7.13. The second-order valence-corrected chi connectivity index (χ2v) is 9.79. The Morgan fingerprint density at radius 2 is 1.44 bits per heavy atom. The van der Waals surface area contributed by atoms with Crippen molar-refractivity contribution in [2.45, 2.75) is 31.1 Å². The van der Waals surface area contributed by atoms with Crippen molar-refractivity contribution in [3.8, 4) is 5.75 Å². The first kappa shape index (κ1) is 24.1.